The van der Waals surface area contributed by atoms with E-state index in [9.17, 15) is 14.0 Å². The first-order chi connectivity index (χ1) is 16.8. The van der Waals surface area contributed by atoms with Gasteiger partial charge in [0.25, 0.3) is 5.91 Å². The van der Waals surface area contributed by atoms with Gasteiger partial charge in [0.1, 0.15) is 22.7 Å². The van der Waals surface area contributed by atoms with Gasteiger partial charge in [-0.3, -0.25) is 14.6 Å². The van der Waals surface area contributed by atoms with E-state index in [2.05, 4.69) is 10.3 Å². The van der Waals surface area contributed by atoms with Gasteiger partial charge < -0.3 is 14.8 Å². The van der Waals surface area contributed by atoms with E-state index in [0.717, 1.165) is 16.5 Å². The highest BCUT2D eigenvalue weighted by molar-refractivity contribution is 6.30. The smallest absolute Gasteiger partial charge is 0.273 e. The van der Waals surface area contributed by atoms with Crippen LogP contribution >= 0.6 is 11.6 Å². The molecule has 4 heterocycles. The fourth-order valence-corrected chi connectivity index (χ4v) is 4.49. The molecule has 1 saturated heterocycles. The van der Waals surface area contributed by atoms with Gasteiger partial charge >= 0.3 is 0 Å². The minimum absolute atomic E-state index is 0.0495. The second kappa shape index (κ2) is 8.78. The first-order valence-corrected chi connectivity index (χ1v) is 11.6. The summed E-state index contributed by atoms with van der Waals surface area (Å²) in [6.07, 6.45) is 5.32. The third-order valence-electron chi connectivity index (χ3n) is 6.37. The largest absolute Gasteiger partial charge is 0.352 e. The lowest BCUT2D eigenvalue weighted by molar-refractivity contribution is -0.133. The number of carbonyl (C=O) groups is 2. The third kappa shape index (κ3) is 4.14. The molecule has 5 rings (SSSR count). The summed E-state index contributed by atoms with van der Waals surface area (Å²) in [4.78, 5) is 36.1. The highest BCUT2D eigenvalue weighted by Gasteiger charge is 2.41. The number of amides is 2. The van der Waals surface area contributed by atoms with E-state index >= 15 is 0 Å². The van der Waals surface area contributed by atoms with Crippen molar-refractivity contribution in [1.82, 2.24) is 24.8 Å². The molecule has 178 valence electrons. The molecule has 1 aromatic carbocycles. The molecule has 1 fully saturated rings. The summed E-state index contributed by atoms with van der Waals surface area (Å²) >= 11 is 5.89. The molecule has 0 radical (unpaired) electrons. The second-order valence-electron chi connectivity index (χ2n) is 8.99. The lowest BCUT2D eigenvalue weighted by Crippen LogP contribution is -2.63. The van der Waals surface area contributed by atoms with Crippen LogP contribution in [-0.4, -0.2) is 49.9 Å². The predicted octanol–water partition coefficient (Wildman–Crippen LogP) is 4.29. The topological polar surface area (TPSA) is 80.1 Å². The van der Waals surface area contributed by atoms with Crippen molar-refractivity contribution in [2.45, 2.75) is 25.9 Å². The number of piperazine rings is 1. The summed E-state index contributed by atoms with van der Waals surface area (Å²) in [6.45, 7) is 4.71. The van der Waals surface area contributed by atoms with Crippen LogP contribution in [-0.2, 0) is 11.3 Å². The van der Waals surface area contributed by atoms with E-state index < -0.39 is 11.4 Å². The summed E-state index contributed by atoms with van der Waals surface area (Å²) < 4.78 is 16.2. The number of halogens is 2. The van der Waals surface area contributed by atoms with Crippen molar-refractivity contribution in [3.8, 4) is 11.1 Å². The van der Waals surface area contributed by atoms with Gasteiger partial charge in [0.05, 0.1) is 5.02 Å². The molecule has 0 spiro atoms. The van der Waals surface area contributed by atoms with Crippen LogP contribution in [0.3, 0.4) is 0 Å². The van der Waals surface area contributed by atoms with Gasteiger partial charge in [0, 0.05) is 49.2 Å². The monoisotopic (exact) mass is 491 g/mol. The maximum Gasteiger partial charge on any atom is 0.273 e. The fourth-order valence-electron chi connectivity index (χ4n) is 4.38. The Kier molecular flexibility index (Phi) is 5.76. The Hall–Kier alpha value is -3.78. The number of nitrogens with one attached hydrogen (secondary N) is 1. The third-order valence-corrected chi connectivity index (χ3v) is 6.68. The lowest BCUT2D eigenvalue weighted by Gasteiger charge is -2.40. The van der Waals surface area contributed by atoms with E-state index in [0.29, 0.717) is 30.8 Å². The number of rotatable bonds is 4. The van der Waals surface area contributed by atoms with Gasteiger partial charge in [0.2, 0.25) is 5.91 Å². The molecule has 0 bridgehead atoms. The number of nitrogens with zero attached hydrogens (tertiary/aromatic N) is 4. The van der Waals surface area contributed by atoms with Crippen molar-refractivity contribution in [3.05, 3.63) is 83.2 Å². The number of pyridine rings is 2. The lowest BCUT2D eigenvalue weighted by atomic mass is 9.98. The number of benzene rings is 1. The fraction of sp³-hybridized carbons (Fsp3) is 0.231. The molecule has 0 unspecified atom stereocenters. The van der Waals surface area contributed by atoms with E-state index in [-0.39, 0.29) is 22.5 Å². The summed E-state index contributed by atoms with van der Waals surface area (Å²) in [5.74, 6) is -1.03. The Bertz CT molecular complexity index is 1450. The normalized spacial score (nSPS) is 15.3. The number of aromatic nitrogens is 3. The van der Waals surface area contributed by atoms with Gasteiger partial charge in [0.15, 0.2) is 0 Å². The van der Waals surface area contributed by atoms with E-state index in [1.165, 1.54) is 12.1 Å². The van der Waals surface area contributed by atoms with Crippen LogP contribution in [0.1, 0.15) is 29.9 Å². The Labute approximate surface area is 206 Å². The van der Waals surface area contributed by atoms with Crippen LogP contribution in [0.5, 0.6) is 0 Å². The van der Waals surface area contributed by atoms with Crippen LogP contribution < -0.4 is 5.32 Å². The molecular formula is C26H23ClFN5O2. The Balaban J connectivity index is 1.62. The molecule has 9 heteroatoms. The van der Waals surface area contributed by atoms with Crippen LogP contribution in [0, 0.1) is 5.82 Å². The van der Waals surface area contributed by atoms with E-state index in [4.69, 9.17) is 16.6 Å². The second-order valence-corrected chi connectivity index (χ2v) is 9.40. The first kappa shape index (κ1) is 23.0. The van der Waals surface area contributed by atoms with Crippen molar-refractivity contribution in [2.75, 3.05) is 13.1 Å². The number of hydrogen-bond acceptors (Lipinski definition) is 4. The molecule has 1 N–H and O–H groups in total. The minimum Gasteiger partial charge on any atom is -0.352 e. The highest BCUT2D eigenvalue weighted by Crippen LogP contribution is 2.33. The zero-order chi connectivity index (χ0) is 24.7. The van der Waals surface area contributed by atoms with Crippen molar-refractivity contribution in [1.29, 1.82) is 0 Å². The van der Waals surface area contributed by atoms with Gasteiger partial charge in [-0.2, -0.15) is 0 Å². The average molecular weight is 492 g/mol. The van der Waals surface area contributed by atoms with E-state index in [1.807, 2.05) is 29.0 Å². The number of carbonyl (C=O) groups excluding carboxylic acids is 2. The molecule has 0 aliphatic carbocycles. The zero-order valence-electron chi connectivity index (χ0n) is 19.3. The highest BCUT2D eigenvalue weighted by atomic mass is 35.5. The number of fused-ring (bicyclic) bond motifs is 1. The quantitative estimate of drug-likeness (QED) is 0.462. The van der Waals surface area contributed by atoms with E-state index in [1.54, 1.807) is 43.3 Å². The Morgan fingerprint density at radius 1 is 1.17 bits per heavy atom. The maximum absolute atomic E-state index is 14.3. The SMILES string of the molecule is CC1(C)C(=O)NCCN1C(=O)c1ccc2c(-c3ccc(Cl)c(F)c3)cn(Cc3ccncc3)c2n1. The molecule has 4 aromatic rings. The Morgan fingerprint density at radius 2 is 1.94 bits per heavy atom. The summed E-state index contributed by atoms with van der Waals surface area (Å²) in [7, 11) is 0. The first-order valence-electron chi connectivity index (χ1n) is 11.2. The van der Waals surface area contributed by atoms with Crippen LogP contribution in [0.15, 0.2) is 61.1 Å². The van der Waals surface area contributed by atoms with Crippen molar-refractivity contribution >= 4 is 34.4 Å². The van der Waals surface area contributed by atoms with Crippen molar-refractivity contribution in [3.63, 3.8) is 0 Å². The summed E-state index contributed by atoms with van der Waals surface area (Å²) in [6, 6.07) is 11.9. The van der Waals surface area contributed by atoms with Crippen LogP contribution in [0.2, 0.25) is 5.02 Å². The molecule has 2 amide bonds. The van der Waals surface area contributed by atoms with Gasteiger partial charge in [-0.15, -0.1) is 0 Å². The average Bonchev–Trinajstić information content (AvgIpc) is 3.20. The Morgan fingerprint density at radius 3 is 2.69 bits per heavy atom. The molecule has 7 nitrogen and oxygen atoms in total. The molecule has 3 aromatic heterocycles. The van der Waals surface area contributed by atoms with Crippen molar-refractivity contribution in [2.24, 2.45) is 0 Å². The van der Waals surface area contributed by atoms with Gasteiger partial charge in [-0.05, 0) is 61.4 Å². The predicted molar refractivity (Wildman–Crippen MR) is 132 cm³/mol. The van der Waals surface area contributed by atoms with Crippen LogP contribution in [0.4, 0.5) is 4.39 Å². The minimum atomic E-state index is -0.989. The molecule has 1 aliphatic rings. The van der Waals surface area contributed by atoms with Gasteiger partial charge in [-0.1, -0.05) is 17.7 Å². The zero-order valence-corrected chi connectivity index (χ0v) is 20.0. The summed E-state index contributed by atoms with van der Waals surface area (Å²) in [5, 5.41) is 3.62. The molecule has 0 saturated carbocycles. The molecule has 35 heavy (non-hydrogen) atoms. The standard InChI is InChI=1S/C26H23ClFN5O2/c1-26(2)25(35)30-11-12-33(26)24(34)22-6-4-18-19(17-3-5-20(27)21(28)13-17)15-32(23(18)31-22)14-16-7-9-29-10-8-16/h3-10,13,15H,11-12,14H2,1-2H3,(H,30,35). The molecule has 0 atom stereocenters. The van der Waals surface area contributed by atoms with Crippen molar-refractivity contribution < 1.29 is 14.0 Å². The maximum atomic E-state index is 14.3. The summed E-state index contributed by atoms with van der Waals surface area (Å²) in [5.41, 5.74) is 2.25. The van der Waals surface area contributed by atoms with Gasteiger partial charge in [-0.25, -0.2) is 9.37 Å². The molecular weight excluding hydrogens is 469 g/mol. The number of hydrogen-bond donors (Lipinski definition) is 1. The molecule has 1 aliphatic heterocycles. The van der Waals surface area contributed by atoms with Crippen LogP contribution in [0.25, 0.3) is 22.2 Å².